The third-order valence-corrected chi connectivity index (χ3v) is 3.50. The quantitative estimate of drug-likeness (QED) is 0.739. The summed E-state index contributed by atoms with van der Waals surface area (Å²) >= 11 is 9.46. The Morgan fingerprint density at radius 2 is 2.20 bits per heavy atom. The van der Waals surface area contributed by atoms with E-state index in [9.17, 15) is 0 Å². The van der Waals surface area contributed by atoms with Crippen molar-refractivity contribution in [1.82, 2.24) is 4.98 Å². The molecule has 0 radical (unpaired) electrons. The standard InChI is InChI=1S/C16H13BrClNO/c1-2-3-5-12-7-8-13(18)10-16(12)20-11-15-14(17)6-4-9-19-15/h4,6-10H,2,11H2,1H3. The molecule has 0 saturated carbocycles. The van der Waals surface area contributed by atoms with Crippen LogP contribution in [-0.2, 0) is 6.61 Å². The molecular formula is C16H13BrClNO. The molecule has 0 aliphatic rings. The monoisotopic (exact) mass is 349 g/mol. The number of ether oxygens (including phenoxy) is 1. The molecule has 0 unspecified atom stereocenters. The second-order valence-corrected chi connectivity index (χ2v) is 5.31. The molecule has 20 heavy (non-hydrogen) atoms. The summed E-state index contributed by atoms with van der Waals surface area (Å²) < 4.78 is 6.72. The highest BCUT2D eigenvalue weighted by Gasteiger charge is 2.06. The molecule has 1 heterocycles. The summed E-state index contributed by atoms with van der Waals surface area (Å²) in [5, 5.41) is 0.627. The van der Waals surface area contributed by atoms with Gasteiger partial charge in [0.25, 0.3) is 0 Å². The van der Waals surface area contributed by atoms with Gasteiger partial charge in [0.05, 0.1) is 11.3 Å². The molecule has 1 aromatic carbocycles. The minimum absolute atomic E-state index is 0.364. The third kappa shape index (κ3) is 4.00. The van der Waals surface area contributed by atoms with Gasteiger partial charge in [-0.2, -0.15) is 0 Å². The molecule has 102 valence electrons. The minimum Gasteiger partial charge on any atom is -0.486 e. The van der Waals surface area contributed by atoms with Gasteiger partial charge < -0.3 is 4.74 Å². The van der Waals surface area contributed by atoms with Crippen LogP contribution in [0.5, 0.6) is 5.75 Å². The van der Waals surface area contributed by atoms with Crippen LogP contribution in [0.25, 0.3) is 0 Å². The van der Waals surface area contributed by atoms with E-state index >= 15 is 0 Å². The van der Waals surface area contributed by atoms with Crippen LogP contribution in [0.2, 0.25) is 5.02 Å². The lowest BCUT2D eigenvalue weighted by atomic mass is 10.2. The summed E-state index contributed by atoms with van der Waals surface area (Å²) in [5.74, 6) is 6.79. The van der Waals surface area contributed by atoms with Gasteiger partial charge >= 0.3 is 0 Å². The molecule has 0 aliphatic heterocycles. The first kappa shape index (κ1) is 14.9. The number of hydrogen-bond donors (Lipinski definition) is 0. The van der Waals surface area contributed by atoms with E-state index in [1.165, 1.54) is 0 Å². The molecule has 1 aromatic heterocycles. The molecule has 2 nitrogen and oxygen atoms in total. The van der Waals surface area contributed by atoms with E-state index in [4.69, 9.17) is 16.3 Å². The van der Waals surface area contributed by atoms with E-state index in [1.807, 2.05) is 31.2 Å². The predicted molar refractivity (Wildman–Crippen MR) is 84.9 cm³/mol. The lowest BCUT2D eigenvalue weighted by molar-refractivity contribution is 0.299. The van der Waals surface area contributed by atoms with E-state index in [1.54, 1.807) is 12.3 Å². The normalized spacial score (nSPS) is 9.75. The van der Waals surface area contributed by atoms with Crippen LogP contribution in [0.1, 0.15) is 24.6 Å². The molecule has 2 aromatic rings. The summed E-state index contributed by atoms with van der Waals surface area (Å²) in [6.45, 7) is 2.37. The molecule has 0 fully saturated rings. The van der Waals surface area contributed by atoms with Gasteiger partial charge in [-0.25, -0.2) is 0 Å². The van der Waals surface area contributed by atoms with Crippen LogP contribution >= 0.6 is 27.5 Å². The second kappa shape index (κ2) is 7.33. The van der Waals surface area contributed by atoms with E-state index < -0.39 is 0 Å². The minimum atomic E-state index is 0.364. The van der Waals surface area contributed by atoms with E-state index in [-0.39, 0.29) is 0 Å². The Balaban J connectivity index is 2.20. The van der Waals surface area contributed by atoms with Gasteiger partial charge in [-0.05, 0) is 40.2 Å². The fourth-order valence-electron chi connectivity index (χ4n) is 1.57. The first-order valence-electron chi connectivity index (χ1n) is 6.21. The van der Waals surface area contributed by atoms with Crippen molar-refractivity contribution in [3.05, 3.63) is 57.3 Å². The molecule has 0 bridgehead atoms. The summed E-state index contributed by atoms with van der Waals surface area (Å²) in [6, 6.07) is 9.25. The topological polar surface area (TPSA) is 22.1 Å². The van der Waals surface area contributed by atoms with Crippen molar-refractivity contribution >= 4 is 27.5 Å². The Labute approximate surface area is 132 Å². The van der Waals surface area contributed by atoms with Crippen molar-refractivity contribution in [3.63, 3.8) is 0 Å². The first-order valence-corrected chi connectivity index (χ1v) is 7.38. The van der Waals surface area contributed by atoms with E-state index in [0.29, 0.717) is 17.4 Å². The van der Waals surface area contributed by atoms with Gasteiger partial charge in [-0.15, -0.1) is 0 Å². The maximum Gasteiger partial charge on any atom is 0.136 e. The molecule has 0 N–H and O–H groups in total. The molecule has 0 aliphatic carbocycles. The number of aromatic nitrogens is 1. The number of rotatable bonds is 3. The van der Waals surface area contributed by atoms with E-state index in [0.717, 1.165) is 22.2 Å². The summed E-state index contributed by atoms with van der Waals surface area (Å²) in [5.41, 5.74) is 1.67. The first-order chi connectivity index (χ1) is 9.70. The Morgan fingerprint density at radius 1 is 1.35 bits per heavy atom. The highest BCUT2D eigenvalue weighted by molar-refractivity contribution is 9.10. The Bertz CT molecular complexity index is 661. The van der Waals surface area contributed by atoms with Crippen molar-refractivity contribution in [1.29, 1.82) is 0 Å². The van der Waals surface area contributed by atoms with Crippen molar-refractivity contribution < 1.29 is 4.74 Å². The van der Waals surface area contributed by atoms with Gasteiger partial charge in [0.1, 0.15) is 12.4 Å². The summed E-state index contributed by atoms with van der Waals surface area (Å²) in [4.78, 5) is 4.27. The fourth-order valence-corrected chi connectivity index (χ4v) is 2.10. The van der Waals surface area contributed by atoms with Crippen molar-refractivity contribution in [2.45, 2.75) is 20.0 Å². The third-order valence-electron chi connectivity index (χ3n) is 2.54. The molecular weight excluding hydrogens is 338 g/mol. The fraction of sp³-hybridized carbons (Fsp3) is 0.188. The van der Waals surface area contributed by atoms with Crippen molar-refractivity contribution in [3.8, 4) is 17.6 Å². The maximum atomic E-state index is 6.01. The highest BCUT2D eigenvalue weighted by atomic mass is 79.9. The SMILES string of the molecule is CCC#Cc1ccc(Cl)cc1OCc1ncccc1Br. The van der Waals surface area contributed by atoms with Gasteiger partial charge in [0, 0.05) is 28.2 Å². The highest BCUT2D eigenvalue weighted by Crippen LogP contribution is 2.24. The van der Waals surface area contributed by atoms with Crippen LogP contribution in [0.3, 0.4) is 0 Å². The lowest BCUT2D eigenvalue weighted by Gasteiger charge is -2.09. The van der Waals surface area contributed by atoms with Gasteiger partial charge in [0.15, 0.2) is 0 Å². The summed E-state index contributed by atoms with van der Waals surface area (Å²) in [7, 11) is 0. The smallest absolute Gasteiger partial charge is 0.136 e. The molecule has 0 saturated heterocycles. The van der Waals surface area contributed by atoms with Crippen LogP contribution < -0.4 is 4.74 Å². The molecule has 0 atom stereocenters. The zero-order valence-corrected chi connectivity index (χ0v) is 13.3. The van der Waals surface area contributed by atoms with Crippen LogP contribution in [0.15, 0.2) is 41.0 Å². The molecule has 4 heteroatoms. The maximum absolute atomic E-state index is 6.01. The zero-order valence-electron chi connectivity index (χ0n) is 11.0. The average Bonchev–Trinajstić information content (AvgIpc) is 2.45. The second-order valence-electron chi connectivity index (χ2n) is 4.02. The predicted octanol–water partition coefficient (Wildman–Crippen LogP) is 4.84. The Morgan fingerprint density at radius 3 is 2.95 bits per heavy atom. The van der Waals surface area contributed by atoms with Gasteiger partial charge in [-0.1, -0.05) is 30.4 Å². The van der Waals surface area contributed by atoms with Gasteiger partial charge in [-0.3, -0.25) is 4.98 Å². The van der Waals surface area contributed by atoms with E-state index in [2.05, 4.69) is 32.8 Å². The van der Waals surface area contributed by atoms with Crippen LogP contribution in [0.4, 0.5) is 0 Å². The van der Waals surface area contributed by atoms with Crippen LogP contribution in [-0.4, -0.2) is 4.98 Å². The number of pyridine rings is 1. The van der Waals surface area contributed by atoms with Crippen molar-refractivity contribution in [2.75, 3.05) is 0 Å². The Hall–Kier alpha value is -1.50. The molecule has 0 spiro atoms. The number of halogens is 2. The van der Waals surface area contributed by atoms with Crippen LogP contribution in [0, 0.1) is 11.8 Å². The number of hydrogen-bond acceptors (Lipinski definition) is 2. The van der Waals surface area contributed by atoms with Gasteiger partial charge in [0.2, 0.25) is 0 Å². The summed E-state index contributed by atoms with van der Waals surface area (Å²) in [6.07, 6.45) is 2.53. The Kier molecular flexibility index (Phi) is 5.46. The molecule has 2 rings (SSSR count). The lowest BCUT2D eigenvalue weighted by Crippen LogP contribution is -2.00. The zero-order chi connectivity index (χ0) is 14.4. The molecule has 0 amide bonds. The average molecular weight is 351 g/mol. The van der Waals surface area contributed by atoms with Crippen molar-refractivity contribution in [2.24, 2.45) is 0 Å². The number of benzene rings is 1. The largest absolute Gasteiger partial charge is 0.486 e. The number of nitrogens with zero attached hydrogens (tertiary/aromatic N) is 1.